The van der Waals surface area contributed by atoms with Crippen molar-refractivity contribution in [3.8, 4) is 5.75 Å². The molecular weight excluding hydrogens is 238 g/mol. The molecule has 2 atom stereocenters. The number of hydrogen-bond donors (Lipinski definition) is 0. The summed E-state index contributed by atoms with van der Waals surface area (Å²) in [4.78, 5) is 2.43. The lowest BCUT2D eigenvalue weighted by atomic mass is 10.1. The van der Waals surface area contributed by atoms with E-state index < -0.39 is 0 Å². The van der Waals surface area contributed by atoms with Crippen LogP contribution in [0.2, 0.25) is 0 Å². The van der Waals surface area contributed by atoms with Gasteiger partial charge in [-0.05, 0) is 44.4 Å². The molecule has 0 aromatic heterocycles. The zero-order valence-electron chi connectivity index (χ0n) is 12.3. The van der Waals surface area contributed by atoms with Crippen LogP contribution in [-0.4, -0.2) is 31.3 Å². The molecular formula is C16H25NO2. The van der Waals surface area contributed by atoms with E-state index in [-0.39, 0.29) is 12.3 Å². The lowest BCUT2D eigenvalue weighted by Gasteiger charge is -2.33. The van der Waals surface area contributed by atoms with Gasteiger partial charge in [0.25, 0.3) is 0 Å². The summed E-state index contributed by atoms with van der Waals surface area (Å²) in [7, 11) is 1.69. The number of hydrogen-bond acceptors (Lipinski definition) is 3. The topological polar surface area (TPSA) is 21.7 Å². The average Bonchev–Trinajstić information content (AvgIpc) is 2.48. The predicted molar refractivity (Wildman–Crippen MR) is 77.4 cm³/mol. The molecule has 0 radical (unpaired) electrons. The molecule has 2 unspecified atom stereocenters. The van der Waals surface area contributed by atoms with E-state index in [0.717, 1.165) is 18.8 Å². The van der Waals surface area contributed by atoms with Crippen LogP contribution in [0.4, 0.5) is 0 Å². The van der Waals surface area contributed by atoms with Crippen LogP contribution in [0.3, 0.4) is 0 Å². The fourth-order valence-electron chi connectivity index (χ4n) is 2.62. The Bertz CT molecular complexity index is 371. The molecule has 1 fully saturated rings. The fraction of sp³-hybridized carbons (Fsp3) is 0.625. The summed E-state index contributed by atoms with van der Waals surface area (Å²) >= 11 is 0. The third kappa shape index (κ3) is 3.95. The van der Waals surface area contributed by atoms with Crippen LogP contribution in [0, 0.1) is 0 Å². The highest BCUT2D eigenvalue weighted by Gasteiger charge is 2.19. The van der Waals surface area contributed by atoms with Gasteiger partial charge in [-0.3, -0.25) is 4.90 Å². The summed E-state index contributed by atoms with van der Waals surface area (Å²) < 4.78 is 11.3. The summed E-state index contributed by atoms with van der Waals surface area (Å²) in [6, 6.07) is 8.13. The molecule has 106 valence electrons. The molecule has 2 rings (SSSR count). The molecule has 0 N–H and O–H groups in total. The molecule has 0 saturated carbocycles. The Labute approximate surface area is 116 Å². The predicted octanol–water partition coefficient (Wildman–Crippen LogP) is 3.60. The summed E-state index contributed by atoms with van der Waals surface area (Å²) in [5.41, 5.74) is 1.20. The summed E-state index contributed by atoms with van der Waals surface area (Å²) in [6.45, 7) is 6.60. The minimum atomic E-state index is 0.114. The van der Waals surface area contributed by atoms with Crippen molar-refractivity contribution in [3.05, 3.63) is 29.8 Å². The van der Waals surface area contributed by atoms with Gasteiger partial charge >= 0.3 is 0 Å². The zero-order valence-corrected chi connectivity index (χ0v) is 12.3. The monoisotopic (exact) mass is 263 g/mol. The Morgan fingerprint density at radius 2 is 1.63 bits per heavy atom. The first-order valence-electron chi connectivity index (χ1n) is 7.24. The molecule has 1 aliphatic rings. The molecule has 0 amide bonds. The van der Waals surface area contributed by atoms with Gasteiger partial charge < -0.3 is 9.47 Å². The van der Waals surface area contributed by atoms with Crippen LogP contribution >= 0.6 is 0 Å². The Morgan fingerprint density at radius 3 is 2.21 bits per heavy atom. The molecule has 3 nitrogen and oxygen atoms in total. The fourth-order valence-corrected chi connectivity index (χ4v) is 2.62. The number of nitrogens with zero attached hydrogens (tertiary/aromatic N) is 1. The van der Waals surface area contributed by atoms with Crippen molar-refractivity contribution in [2.75, 3.05) is 20.2 Å². The number of likely N-dealkylation sites (tertiary alicyclic amines) is 1. The Kier molecular flexibility index (Phi) is 5.23. The third-order valence-corrected chi connectivity index (χ3v) is 3.89. The largest absolute Gasteiger partial charge is 0.497 e. The van der Waals surface area contributed by atoms with Gasteiger partial charge in [-0.15, -0.1) is 0 Å². The number of ether oxygens (including phenoxy) is 2. The van der Waals surface area contributed by atoms with E-state index in [4.69, 9.17) is 9.47 Å². The van der Waals surface area contributed by atoms with Crippen LogP contribution in [0.5, 0.6) is 5.75 Å². The van der Waals surface area contributed by atoms with Crippen LogP contribution in [0.15, 0.2) is 24.3 Å². The molecule has 1 aromatic rings. The maximum atomic E-state index is 6.13. The first kappa shape index (κ1) is 14.4. The van der Waals surface area contributed by atoms with Crippen molar-refractivity contribution in [1.29, 1.82) is 0 Å². The van der Waals surface area contributed by atoms with Gasteiger partial charge in [-0.1, -0.05) is 18.6 Å². The molecule has 1 aromatic carbocycles. The van der Waals surface area contributed by atoms with Gasteiger partial charge in [0.15, 0.2) is 0 Å². The SMILES string of the molecule is COc1ccc(C(C)OC(C)N2CCCCC2)cc1. The number of methoxy groups -OCH3 is 1. The molecule has 1 saturated heterocycles. The summed E-state index contributed by atoms with van der Waals surface area (Å²) in [5, 5.41) is 0. The van der Waals surface area contributed by atoms with Gasteiger partial charge in [-0.25, -0.2) is 0 Å². The average molecular weight is 263 g/mol. The highest BCUT2D eigenvalue weighted by molar-refractivity contribution is 5.28. The van der Waals surface area contributed by atoms with Crippen molar-refractivity contribution < 1.29 is 9.47 Å². The third-order valence-electron chi connectivity index (χ3n) is 3.89. The van der Waals surface area contributed by atoms with Gasteiger partial charge in [0, 0.05) is 13.1 Å². The molecule has 0 aliphatic carbocycles. The standard InChI is InChI=1S/C16H25NO2/c1-13(15-7-9-16(18-3)10-8-15)19-14(2)17-11-5-4-6-12-17/h7-10,13-14H,4-6,11-12H2,1-3H3. The Morgan fingerprint density at radius 1 is 1.00 bits per heavy atom. The van der Waals surface area contributed by atoms with Gasteiger partial charge in [-0.2, -0.15) is 0 Å². The van der Waals surface area contributed by atoms with Gasteiger partial charge in [0.1, 0.15) is 12.0 Å². The first-order valence-corrected chi connectivity index (χ1v) is 7.24. The van der Waals surface area contributed by atoms with E-state index in [1.807, 2.05) is 12.1 Å². The van der Waals surface area contributed by atoms with E-state index in [2.05, 4.69) is 30.9 Å². The van der Waals surface area contributed by atoms with Crippen molar-refractivity contribution >= 4 is 0 Å². The lowest BCUT2D eigenvalue weighted by molar-refractivity contribution is -0.0902. The summed E-state index contributed by atoms with van der Waals surface area (Å²) in [6.07, 6.45) is 4.26. The van der Waals surface area contributed by atoms with Crippen LogP contribution in [0.1, 0.15) is 44.8 Å². The maximum absolute atomic E-state index is 6.13. The lowest BCUT2D eigenvalue weighted by Crippen LogP contribution is -2.39. The number of benzene rings is 1. The van der Waals surface area contributed by atoms with Crippen molar-refractivity contribution in [1.82, 2.24) is 4.90 Å². The van der Waals surface area contributed by atoms with E-state index in [1.54, 1.807) is 7.11 Å². The smallest absolute Gasteiger partial charge is 0.118 e. The van der Waals surface area contributed by atoms with E-state index in [9.17, 15) is 0 Å². The van der Waals surface area contributed by atoms with Gasteiger partial charge in [0.05, 0.1) is 13.2 Å². The quantitative estimate of drug-likeness (QED) is 0.810. The highest BCUT2D eigenvalue weighted by Crippen LogP contribution is 2.23. The van der Waals surface area contributed by atoms with Crippen LogP contribution in [0.25, 0.3) is 0 Å². The van der Waals surface area contributed by atoms with Crippen molar-refractivity contribution in [3.63, 3.8) is 0 Å². The second-order valence-electron chi connectivity index (χ2n) is 5.25. The zero-order chi connectivity index (χ0) is 13.7. The number of rotatable bonds is 5. The van der Waals surface area contributed by atoms with Crippen LogP contribution in [-0.2, 0) is 4.74 Å². The first-order chi connectivity index (χ1) is 9.20. The van der Waals surface area contributed by atoms with Crippen molar-refractivity contribution in [2.24, 2.45) is 0 Å². The normalized spacial score (nSPS) is 19.9. The van der Waals surface area contributed by atoms with Gasteiger partial charge in [0.2, 0.25) is 0 Å². The molecule has 1 heterocycles. The second-order valence-corrected chi connectivity index (χ2v) is 5.25. The second kappa shape index (κ2) is 6.92. The highest BCUT2D eigenvalue weighted by atomic mass is 16.5. The molecule has 3 heteroatoms. The van der Waals surface area contributed by atoms with E-state index in [1.165, 1.54) is 24.8 Å². The molecule has 19 heavy (non-hydrogen) atoms. The minimum absolute atomic E-state index is 0.114. The molecule has 0 spiro atoms. The van der Waals surface area contributed by atoms with Crippen LogP contribution < -0.4 is 4.74 Å². The molecule has 1 aliphatic heterocycles. The van der Waals surface area contributed by atoms with Crippen molar-refractivity contribution in [2.45, 2.75) is 45.4 Å². The Balaban J connectivity index is 1.89. The molecule has 0 bridgehead atoms. The summed E-state index contributed by atoms with van der Waals surface area (Å²) in [5.74, 6) is 0.889. The number of piperidine rings is 1. The maximum Gasteiger partial charge on any atom is 0.118 e. The van der Waals surface area contributed by atoms with E-state index >= 15 is 0 Å². The minimum Gasteiger partial charge on any atom is -0.497 e. The Hall–Kier alpha value is -1.06. The van der Waals surface area contributed by atoms with E-state index in [0.29, 0.717) is 0 Å².